The summed E-state index contributed by atoms with van der Waals surface area (Å²) in [6, 6.07) is 11.2. The second kappa shape index (κ2) is 9.48. The molecule has 140 valence electrons. The molecule has 0 saturated heterocycles. The van der Waals surface area contributed by atoms with Crippen LogP contribution in [0.15, 0.2) is 40.9 Å². The Hall–Kier alpha value is -2.21. The quantitative estimate of drug-likeness (QED) is 0.690. The van der Waals surface area contributed by atoms with E-state index >= 15 is 0 Å². The molecular weight excluding hydrogens is 398 g/mol. The Kier molecular flexibility index (Phi) is 7.33. The van der Waals surface area contributed by atoms with Gasteiger partial charge in [0.25, 0.3) is 5.91 Å². The van der Waals surface area contributed by atoms with Crippen molar-refractivity contribution >= 4 is 21.8 Å². The number of benzene rings is 2. The Morgan fingerprint density at radius 1 is 1.08 bits per heavy atom. The smallest absolute Gasteiger partial charge is 0.258 e. The summed E-state index contributed by atoms with van der Waals surface area (Å²) >= 11 is 3.47. The molecule has 1 unspecified atom stereocenters. The third-order valence-electron chi connectivity index (χ3n) is 4.05. The van der Waals surface area contributed by atoms with Crippen LogP contribution in [-0.2, 0) is 11.2 Å². The van der Waals surface area contributed by atoms with Gasteiger partial charge in [0.1, 0.15) is 5.75 Å². The van der Waals surface area contributed by atoms with Gasteiger partial charge in [-0.05, 0) is 64.7 Å². The average molecular weight is 422 g/mol. The molecule has 2 aromatic carbocycles. The third kappa shape index (κ3) is 5.14. The van der Waals surface area contributed by atoms with Crippen LogP contribution in [0.5, 0.6) is 17.2 Å². The topological polar surface area (TPSA) is 56.8 Å². The summed E-state index contributed by atoms with van der Waals surface area (Å²) in [4.78, 5) is 12.2. The zero-order chi connectivity index (χ0) is 19.1. The van der Waals surface area contributed by atoms with Crippen molar-refractivity contribution in [2.45, 2.75) is 26.3 Å². The minimum atomic E-state index is -0.196. The Balaban J connectivity index is 1.95. The zero-order valence-corrected chi connectivity index (χ0v) is 17.1. The van der Waals surface area contributed by atoms with Crippen LogP contribution in [0.4, 0.5) is 0 Å². The highest BCUT2D eigenvalue weighted by atomic mass is 79.9. The van der Waals surface area contributed by atoms with Gasteiger partial charge in [0.15, 0.2) is 18.1 Å². The van der Waals surface area contributed by atoms with Crippen LogP contribution in [0.25, 0.3) is 0 Å². The van der Waals surface area contributed by atoms with E-state index in [1.54, 1.807) is 14.2 Å². The predicted octanol–water partition coefficient (Wildman–Crippen LogP) is 4.28. The van der Waals surface area contributed by atoms with Crippen molar-refractivity contribution in [1.29, 1.82) is 0 Å². The third-order valence-corrected chi connectivity index (χ3v) is 4.67. The van der Waals surface area contributed by atoms with Gasteiger partial charge in [-0.25, -0.2) is 0 Å². The first-order valence-electron chi connectivity index (χ1n) is 8.41. The lowest BCUT2D eigenvalue weighted by molar-refractivity contribution is -0.123. The Bertz CT molecular complexity index is 763. The average Bonchev–Trinajstić information content (AvgIpc) is 2.66. The lowest BCUT2D eigenvalue weighted by atomic mass is 10.1. The molecular formula is C20H24BrNO4. The Labute approximate surface area is 162 Å². The van der Waals surface area contributed by atoms with Gasteiger partial charge in [-0.2, -0.15) is 0 Å². The van der Waals surface area contributed by atoms with Crippen molar-refractivity contribution in [1.82, 2.24) is 5.32 Å². The summed E-state index contributed by atoms with van der Waals surface area (Å²) in [6.07, 6.45) is 0.947. The number of methoxy groups -OCH3 is 2. The minimum Gasteiger partial charge on any atom is -0.493 e. The van der Waals surface area contributed by atoms with Gasteiger partial charge in [0.2, 0.25) is 0 Å². The zero-order valence-electron chi connectivity index (χ0n) is 15.5. The standard InChI is InChI=1S/C20H24BrNO4/c1-5-14-6-8-17(16(21)10-14)26-12-20(23)22-13(2)15-7-9-18(24-3)19(11-15)25-4/h6-11,13H,5,12H2,1-4H3,(H,22,23). The van der Waals surface area contributed by atoms with Crippen molar-refractivity contribution in [2.24, 2.45) is 0 Å². The van der Waals surface area contributed by atoms with Crippen molar-refractivity contribution < 1.29 is 19.0 Å². The molecule has 0 spiro atoms. The SMILES string of the molecule is CCc1ccc(OCC(=O)NC(C)c2ccc(OC)c(OC)c2)c(Br)c1. The van der Waals surface area contributed by atoms with E-state index in [4.69, 9.17) is 14.2 Å². The molecule has 0 saturated carbocycles. The fourth-order valence-electron chi connectivity index (χ4n) is 2.51. The number of aryl methyl sites for hydroxylation is 1. The lowest BCUT2D eigenvalue weighted by Crippen LogP contribution is -2.31. The first kappa shape index (κ1) is 20.1. The molecule has 0 radical (unpaired) electrons. The molecule has 0 aliphatic heterocycles. The number of amides is 1. The molecule has 0 aliphatic rings. The van der Waals surface area contributed by atoms with Crippen LogP contribution in [0, 0.1) is 0 Å². The van der Waals surface area contributed by atoms with E-state index in [9.17, 15) is 4.79 Å². The van der Waals surface area contributed by atoms with Crippen LogP contribution in [0.1, 0.15) is 31.0 Å². The maximum absolute atomic E-state index is 12.2. The van der Waals surface area contributed by atoms with Crippen molar-refractivity contribution in [3.05, 3.63) is 52.0 Å². The van der Waals surface area contributed by atoms with E-state index in [1.165, 1.54) is 5.56 Å². The predicted molar refractivity (Wildman–Crippen MR) is 105 cm³/mol. The van der Waals surface area contributed by atoms with Crippen LogP contribution in [0.3, 0.4) is 0 Å². The van der Waals surface area contributed by atoms with E-state index in [-0.39, 0.29) is 18.6 Å². The summed E-state index contributed by atoms with van der Waals surface area (Å²) < 4.78 is 17.0. The Morgan fingerprint density at radius 2 is 1.77 bits per heavy atom. The van der Waals surface area contributed by atoms with Gasteiger partial charge in [0, 0.05) is 0 Å². The fraction of sp³-hybridized carbons (Fsp3) is 0.350. The van der Waals surface area contributed by atoms with Crippen LogP contribution in [-0.4, -0.2) is 26.7 Å². The van der Waals surface area contributed by atoms with Crippen LogP contribution < -0.4 is 19.5 Å². The fourth-order valence-corrected chi connectivity index (χ4v) is 3.05. The number of rotatable bonds is 8. The molecule has 1 amide bonds. The molecule has 1 N–H and O–H groups in total. The first-order chi connectivity index (χ1) is 12.5. The summed E-state index contributed by atoms with van der Waals surface area (Å²) in [6.45, 7) is 3.94. The Morgan fingerprint density at radius 3 is 2.38 bits per heavy atom. The highest BCUT2D eigenvalue weighted by Crippen LogP contribution is 2.30. The van der Waals surface area contributed by atoms with Gasteiger partial charge >= 0.3 is 0 Å². The second-order valence-corrected chi connectivity index (χ2v) is 6.66. The monoisotopic (exact) mass is 421 g/mol. The van der Waals surface area contributed by atoms with Crippen molar-refractivity contribution in [3.8, 4) is 17.2 Å². The highest BCUT2D eigenvalue weighted by molar-refractivity contribution is 9.10. The van der Waals surface area contributed by atoms with E-state index in [0.717, 1.165) is 16.5 Å². The maximum atomic E-state index is 12.2. The number of hydrogen-bond donors (Lipinski definition) is 1. The van der Waals surface area contributed by atoms with Gasteiger partial charge in [-0.1, -0.05) is 19.1 Å². The molecule has 0 heterocycles. The van der Waals surface area contributed by atoms with Gasteiger partial charge in [0.05, 0.1) is 24.7 Å². The second-order valence-electron chi connectivity index (χ2n) is 5.81. The minimum absolute atomic E-state index is 0.0539. The molecule has 6 heteroatoms. The normalized spacial score (nSPS) is 11.6. The van der Waals surface area contributed by atoms with Crippen LogP contribution >= 0.6 is 15.9 Å². The van der Waals surface area contributed by atoms with Crippen molar-refractivity contribution in [2.75, 3.05) is 20.8 Å². The summed E-state index contributed by atoms with van der Waals surface area (Å²) in [7, 11) is 3.17. The lowest BCUT2D eigenvalue weighted by Gasteiger charge is -2.17. The molecule has 5 nitrogen and oxygen atoms in total. The maximum Gasteiger partial charge on any atom is 0.258 e. The van der Waals surface area contributed by atoms with E-state index in [2.05, 4.69) is 28.2 Å². The molecule has 2 rings (SSSR count). The van der Waals surface area contributed by atoms with Gasteiger partial charge in [-0.15, -0.1) is 0 Å². The van der Waals surface area contributed by atoms with Gasteiger partial charge in [-0.3, -0.25) is 4.79 Å². The van der Waals surface area contributed by atoms with Gasteiger partial charge < -0.3 is 19.5 Å². The molecule has 2 aromatic rings. The largest absolute Gasteiger partial charge is 0.493 e. The molecule has 1 atom stereocenters. The molecule has 26 heavy (non-hydrogen) atoms. The highest BCUT2D eigenvalue weighted by Gasteiger charge is 2.13. The summed E-state index contributed by atoms with van der Waals surface area (Å²) in [5.74, 6) is 1.73. The number of ether oxygens (including phenoxy) is 3. The van der Waals surface area contributed by atoms with E-state index in [1.807, 2.05) is 43.3 Å². The molecule has 0 aliphatic carbocycles. The number of nitrogens with one attached hydrogen (secondary N) is 1. The molecule has 0 fully saturated rings. The number of halogens is 1. The number of carbonyl (C=O) groups excluding carboxylic acids is 1. The number of hydrogen-bond acceptors (Lipinski definition) is 4. The van der Waals surface area contributed by atoms with E-state index in [0.29, 0.717) is 17.2 Å². The summed E-state index contributed by atoms with van der Waals surface area (Å²) in [5.41, 5.74) is 2.13. The van der Waals surface area contributed by atoms with Crippen LogP contribution in [0.2, 0.25) is 0 Å². The summed E-state index contributed by atoms with van der Waals surface area (Å²) in [5, 5.41) is 2.92. The first-order valence-corrected chi connectivity index (χ1v) is 9.20. The van der Waals surface area contributed by atoms with E-state index < -0.39 is 0 Å². The molecule has 0 aromatic heterocycles. The number of carbonyl (C=O) groups is 1. The van der Waals surface area contributed by atoms with Crippen molar-refractivity contribution in [3.63, 3.8) is 0 Å². The molecule has 0 bridgehead atoms.